The Bertz CT molecular complexity index is 927. The van der Waals surface area contributed by atoms with Gasteiger partial charge in [0.25, 0.3) is 0 Å². The summed E-state index contributed by atoms with van der Waals surface area (Å²) in [6.07, 6.45) is 1.08. The number of fused-ring (bicyclic) bond motifs is 1. The number of nitrogens with zero attached hydrogens (tertiary/aromatic N) is 1. The highest BCUT2D eigenvalue weighted by Gasteiger charge is 2.38. The van der Waals surface area contributed by atoms with Crippen LogP contribution in [0.5, 0.6) is 0 Å². The first-order valence-electron chi connectivity index (χ1n) is 11.4. The lowest BCUT2D eigenvalue weighted by atomic mass is 9.94. The van der Waals surface area contributed by atoms with Gasteiger partial charge in [-0.3, -0.25) is 9.69 Å². The smallest absolute Gasteiger partial charge is 0.222 e. The van der Waals surface area contributed by atoms with Gasteiger partial charge in [0.05, 0.1) is 37.9 Å². The summed E-state index contributed by atoms with van der Waals surface area (Å²) >= 11 is 12.2. The molecule has 2 heterocycles. The minimum absolute atomic E-state index is 0.0569. The van der Waals surface area contributed by atoms with Gasteiger partial charge < -0.3 is 19.9 Å². The van der Waals surface area contributed by atoms with Crippen LogP contribution >= 0.6 is 23.2 Å². The van der Waals surface area contributed by atoms with Crippen molar-refractivity contribution in [3.63, 3.8) is 0 Å². The number of hydrogen-bond donors (Lipinski definition) is 2. The number of aliphatic hydroxyl groups excluding tert-OH is 1. The minimum atomic E-state index is -0.549. The fraction of sp³-hybridized carbons (Fsp3) is 0.480. The van der Waals surface area contributed by atoms with Crippen LogP contribution in [0.3, 0.4) is 0 Å². The van der Waals surface area contributed by atoms with E-state index in [1.54, 1.807) is 0 Å². The van der Waals surface area contributed by atoms with E-state index in [2.05, 4.69) is 10.2 Å². The molecule has 0 radical (unpaired) electrons. The number of aliphatic hydroxyl groups is 1. The Labute approximate surface area is 204 Å². The summed E-state index contributed by atoms with van der Waals surface area (Å²) < 4.78 is 12.0. The van der Waals surface area contributed by atoms with Crippen LogP contribution in [0.1, 0.15) is 30.4 Å². The summed E-state index contributed by atoms with van der Waals surface area (Å²) in [4.78, 5) is 14.8. The monoisotopic (exact) mass is 492 g/mol. The SMILES string of the molecule is O=C(C[C@H]1CC[C@H]2[C@@H](COC[C@@H](O)CN2Cc2ccc(Cl)cc2)O1)NCc1ccccc1Cl. The van der Waals surface area contributed by atoms with Gasteiger partial charge in [0, 0.05) is 35.7 Å². The highest BCUT2D eigenvalue weighted by Crippen LogP contribution is 2.29. The van der Waals surface area contributed by atoms with Gasteiger partial charge in [-0.05, 0) is 42.2 Å². The predicted molar refractivity (Wildman–Crippen MR) is 128 cm³/mol. The molecule has 2 fully saturated rings. The van der Waals surface area contributed by atoms with Crippen LogP contribution < -0.4 is 5.32 Å². The second-order valence-electron chi connectivity index (χ2n) is 8.76. The van der Waals surface area contributed by atoms with Crippen LogP contribution in [-0.2, 0) is 27.4 Å². The summed E-state index contributed by atoms with van der Waals surface area (Å²) in [6.45, 7) is 2.27. The lowest BCUT2D eigenvalue weighted by molar-refractivity contribution is -0.158. The van der Waals surface area contributed by atoms with Gasteiger partial charge in [0.1, 0.15) is 0 Å². The number of carbonyl (C=O) groups excluding carboxylic acids is 1. The van der Waals surface area contributed by atoms with E-state index in [-0.39, 0.29) is 30.8 Å². The summed E-state index contributed by atoms with van der Waals surface area (Å²) in [7, 11) is 0. The number of β-amino-alcohol motifs (C(OH)–C–C–N with tert-alkyl or cyclic N) is 1. The number of nitrogens with one attached hydrogen (secondary N) is 1. The van der Waals surface area contributed by atoms with E-state index in [1.165, 1.54) is 0 Å². The number of benzene rings is 2. The van der Waals surface area contributed by atoms with Gasteiger partial charge in [-0.1, -0.05) is 53.5 Å². The van der Waals surface area contributed by atoms with Crippen LogP contribution in [0.2, 0.25) is 10.0 Å². The van der Waals surface area contributed by atoms with Gasteiger partial charge in [0.15, 0.2) is 0 Å². The summed E-state index contributed by atoms with van der Waals surface area (Å²) in [5, 5.41) is 14.6. The molecule has 2 aromatic carbocycles. The maximum Gasteiger partial charge on any atom is 0.222 e. The fourth-order valence-corrected chi connectivity index (χ4v) is 4.89. The molecular weight excluding hydrogens is 463 g/mol. The zero-order valence-corrected chi connectivity index (χ0v) is 20.0. The van der Waals surface area contributed by atoms with E-state index < -0.39 is 6.10 Å². The Morgan fingerprint density at radius 2 is 1.88 bits per heavy atom. The molecular formula is C25H30Cl2N2O4. The van der Waals surface area contributed by atoms with Crippen molar-refractivity contribution in [2.24, 2.45) is 0 Å². The summed E-state index contributed by atoms with van der Waals surface area (Å²) in [5.74, 6) is -0.0569. The van der Waals surface area contributed by atoms with E-state index in [1.807, 2.05) is 48.5 Å². The zero-order valence-electron chi connectivity index (χ0n) is 18.5. The summed E-state index contributed by atoms with van der Waals surface area (Å²) in [6, 6.07) is 15.4. The highest BCUT2D eigenvalue weighted by atomic mass is 35.5. The highest BCUT2D eigenvalue weighted by molar-refractivity contribution is 6.31. The van der Waals surface area contributed by atoms with Gasteiger partial charge in [-0.15, -0.1) is 0 Å². The van der Waals surface area contributed by atoms with Crippen molar-refractivity contribution in [1.82, 2.24) is 10.2 Å². The van der Waals surface area contributed by atoms with Gasteiger partial charge >= 0.3 is 0 Å². The largest absolute Gasteiger partial charge is 0.389 e. The second-order valence-corrected chi connectivity index (χ2v) is 9.60. The number of rotatable bonds is 6. The molecule has 2 aromatic rings. The number of amides is 1. The molecule has 2 N–H and O–H groups in total. The molecule has 33 heavy (non-hydrogen) atoms. The van der Waals surface area contributed by atoms with E-state index in [0.29, 0.717) is 42.7 Å². The van der Waals surface area contributed by atoms with Crippen LogP contribution in [0.15, 0.2) is 48.5 Å². The van der Waals surface area contributed by atoms with Crippen LogP contribution in [0.4, 0.5) is 0 Å². The first kappa shape index (κ1) is 24.5. The number of ether oxygens (including phenoxy) is 2. The third-order valence-electron chi connectivity index (χ3n) is 6.23. The van der Waals surface area contributed by atoms with Crippen LogP contribution in [0.25, 0.3) is 0 Å². The first-order chi connectivity index (χ1) is 16.0. The molecule has 0 bridgehead atoms. The van der Waals surface area contributed by atoms with Crippen molar-refractivity contribution < 1.29 is 19.4 Å². The number of carbonyl (C=O) groups is 1. The van der Waals surface area contributed by atoms with E-state index in [4.69, 9.17) is 32.7 Å². The Hall–Kier alpha value is -1.67. The molecule has 178 valence electrons. The molecule has 6 nitrogen and oxygen atoms in total. The average Bonchev–Trinajstić information content (AvgIpc) is 2.79. The maximum atomic E-state index is 12.5. The first-order valence-corrected chi connectivity index (χ1v) is 12.1. The van der Waals surface area contributed by atoms with E-state index in [0.717, 1.165) is 24.0 Å². The van der Waals surface area contributed by atoms with Crippen LogP contribution in [0, 0.1) is 0 Å². The van der Waals surface area contributed by atoms with Crippen molar-refractivity contribution in [3.05, 3.63) is 69.7 Å². The van der Waals surface area contributed by atoms with Crippen molar-refractivity contribution in [2.45, 2.75) is 56.7 Å². The third kappa shape index (κ3) is 6.92. The van der Waals surface area contributed by atoms with Crippen molar-refractivity contribution in [3.8, 4) is 0 Å². The minimum Gasteiger partial charge on any atom is -0.389 e. The maximum absolute atomic E-state index is 12.5. The Morgan fingerprint density at radius 3 is 2.67 bits per heavy atom. The van der Waals surface area contributed by atoms with Crippen molar-refractivity contribution >= 4 is 29.1 Å². The third-order valence-corrected chi connectivity index (χ3v) is 6.85. The molecule has 8 heteroatoms. The van der Waals surface area contributed by atoms with Crippen molar-refractivity contribution in [1.29, 1.82) is 0 Å². The summed E-state index contributed by atoms with van der Waals surface area (Å²) in [5.41, 5.74) is 2.02. The zero-order chi connectivity index (χ0) is 23.2. The van der Waals surface area contributed by atoms with Gasteiger partial charge in [-0.2, -0.15) is 0 Å². The standard InChI is InChI=1S/C25H30Cl2N2O4/c26-19-7-5-17(6-8-19)13-29-14-20(30)15-32-16-24-23(29)10-9-21(33-24)11-25(31)28-12-18-3-1-2-4-22(18)27/h1-8,20-21,23-24,30H,9-16H2,(H,28,31)/t20-,21+,23-,24+/m0/s1. The second kappa shape index (κ2) is 11.6. The number of halogens is 2. The molecule has 4 rings (SSSR count). The fourth-order valence-electron chi connectivity index (χ4n) is 4.57. The predicted octanol–water partition coefficient (Wildman–Crippen LogP) is 3.81. The van der Waals surface area contributed by atoms with E-state index in [9.17, 15) is 9.90 Å². The van der Waals surface area contributed by atoms with Crippen LogP contribution in [-0.4, -0.2) is 60.0 Å². The molecule has 0 saturated carbocycles. The normalized spacial score (nSPS) is 26.2. The van der Waals surface area contributed by atoms with Gasteiger partial charge in [-0.25, -0.2) is 0 Å². The molecule has 1 amide bonds. The Balaban J connectivity index is 1.34. The molecule has 4 atom stereocenters. The molecule has 0 aliphatic carbocycles. The lowest BCUT2D eigenvalue weighted by Crippen LogP contribution is -2.55. The quantitative estimate of drug-likeness (QED) is 0.641. The molecule has 2 saturated heterocycles. The molecule has 0 unspecified atom stereocenters. The Morgan fingerprint density at radius 1 is 1.09 bits per heavy atom. The molecule has 2 aliphatic heterocycles. The Kier molecular flexibility index (Phi) is 8.63. The lowest BCUT2D eigenvalue weighted by Gasteiger charge is -2.44. The van der Waals surface area contributed by atoms with Gasteiger partial charge in [0.2, 0.25) is 5.91 Å². The van der Waals surface area contributed by atoms with E-state index >= 15 is 0 Å². The van der Waals surface area contributed by atoms with Crippen molar-refractivity contribution in [2.75, 3.05) is 19.8 Å². The molecule has 2 aliphatic rings. The number of hydrogen-bond acceptors (Lipinski definition) is 5. The topological polar surface area (TPSA) is 71.0 Å². The molecule has 0 aromatic heterocycles. The average molecular weight is 493 g/mol. The molecule has 0 spiro atoms.